The van der Waals surface area contributed by atoms with Crippen LogP contribution in [0.1, 0.15) is 48.2 Å². The molecule has 0 radical (unpaired) electrons. The maximum Gasteiger partial charge on any atom is 0.349 e. The fourth-order valence-corrected chi connectivity index (χ4v) is 2.45. The van der Waals surface area contributed by atoms with Crippen molar-refractivity contribution in [2.45, 2.75) is 33.6 Å². The van der Waals surface area contributed by atoms with Crippen molar-refractivity contribution in [1.29, 1.82) is 0 Å². The molecule has 0 aromatic heterocycles. The second-order valence-electron chi connectivity index (χ2n) is 6.02. The van der Waals surface area contributed by atoms with Crippen LogP contribution >= 0.6 is 0 Å². The predicted molar refractivity (Wildman–Crippen MR) is 92.8 cm³/mol. The third-order valence-corrected chi connectivity index (χ3v) is 3.71. The van der Waals surface area contributed by atoms with Crippen molar-refractivity contribution in [2.75, 3.05) is 6.61 Å². The van der Waals surface area contributed by atoms with Crippen molar-refractivity contribution in [2.24, 2.45) is 0 Å². The van der Waals surface area contributed by atoms with Crippen LogP contribution in [0.25, 0.3) is 0 Å². The number of benzene rings is 2. The van der Waals surface area contributed by atoms with E-state index in [2.05, 4.69) is 13.8 Å². The smallest absolute Gasteiger partial charge is 0.349 e. The van der Waals surface area contributed by atoms with E-state index in [4.69, 9.17) is 9.47 Å². The van der Waals surface area contributed by atoms with Gasteiger partial charge in [-0.25, -0.2) is 4.79 Å². The van der Waals surface area contributed by atoms with Gasteiger partial charge in [0.05, 0.1) is 0 Å². The number of Topliss-reactive ketones (excluding diaryl/α,β-unsaturated/α-hetero) is 1. The van der Waals surface area contributed by atoms with Crippen LogP contribution < -0.4 is 9.47 Å². The molecule has 0 fully saturated rings. The Bertz CT molecular complexity index is 730. The number of carbonyl (C=O) groups is 2. The highest BCUT2D eigenvalue weighted by Gasteiger charge is 2.09. The summed E-state index contributed by atoms with van der Waals surface area (Å²) >= 11 is 0. The van der Waals surface area contributed by atoms with Crippen molar-refractivity contribution >= 4 is 11.8 Å². The second kappa shape index (κ2) is 7.77. The minimum atomic E-state index is -0.490. The number of aryl methyl sites for hydroxylation is 1. The van der Waals surface area contributed by atoms with Crippen molar-refractivity contribution in [3.8, 4) is 11.5 Å². The van der Waals surface area contributed by atoms with E-state index in [1.807, 2.05) is 25.1 Å². The lowest BCUT2D eigenvalue weighted by Crippen LogP contribution is -2.17. The molecule has 0 spiro atoms. The van der Waals surface area contributed by atoms with Gasteiger partial charge in [0.2, 0.25) is 0 Å². The zero-order valence-corrected chi connectivity index (χ0v) is 14.5. The summed E-state index contributed by atoms with van der Waals surface area (Å²) in [7, 11) is 0. The molecule has 0 amide bonds. The molecule has 0 bridgehead atoms. The first kappa shape index (κ1) is 17.7. The molecular weight excluding hydrogens is 304 g/mol. The van der Waals surface area contributed by atoms with Crippen LogP contribution in [0.15, 0.2) is 42.5 Å². The summed E-state index contributed by atoms with van der Waals surface area (Å²) in [6, 6.07) is 12.2. The number of rotatable bonds is 6. The van der Waals surface area contributed by atoms with Crippen molar-refractivity contribution in [3.63, 3.8) is 0 Å². The zero-order valence-electron chi connectivity index (χ0n) is 14.5. The van der Waals surface area contributed by atoms with Gasteiger partial charge in [-0.1, -0.05) is 19.9 Å². The van der Waals surface area contributed by atoms with E-state index in [0.29, 0.717) is 23.0 Å². The van der Waals surface area contributed by atoms with Gasteiger partial charge in [-0.05, 0) is 67.3 Å². The first-order valence-corrected chi connectivity index (χ1v) is 7.92. The summed E-state index contributed by atoms with van der Waals surface area (Å²) in [5, 5.41) is 0. The standard InChI is InChI=1S/C20H22O4/c1-13(2)19-10-9-18(11-14(19)3)23-12-20(22)24-17-7-5-16(6-8-17)15(4)21/h5-11,13H,12H2,1-4H3. The third-order valence-electron chi connectivity index (χ3n) is 3.71. The average Bonchev–Trinajstić information content (AvgIpc) is 2.53. The van der Waals surface area contributed by atoms with Gasteiger partial charge in [0.15, 0.2) is 12.4 Å². The highest BCUT2D eigenvalue weighted by Crippen LogP contribution is 2.23. The van der Waals surface area contributed by atoms with E-state index in [9.17, 15) is 9.59 Å². The lowest BCUT2D eigenvalue weighted by Gasteiger charge is -2.12. The fourth-order valence-electron chi connectivity index (χ4n) is 2.45. The Morgan fingerprint density at radius 1 is 1.00 bits per heavy atom. The molecule has 24 heavy (non-hydrogen) atoms. The Kier molecular flexibility index (Phi) is 5.74. The largest absolute Gasteiger partial charge is 0.482 e. The monoisotopic (exact) mass is 326 g/mol. The summed E-state index contributed by atoms with van der Waals surface area (Å²) in [4.78, 5) is 23.1. The summed E-state index contributed by atoms with van der Waals surface area (Å²) < 4.78 is 10.7. The van der Waals surface area contributed by atoms with E-state index in [-0.39, 0.29) is 12.4 Å². The van der Waals surface area contributed by atoms with Gasteiger partial charge in [-0.15, -0.1) is 0 Å². The van der Waals surface area contributed by atoms with Crippen LogP contribution in [0.4, 0.5) is 0 Å². The summed E-state index contributed by atoms with van der Waals surface area (Å²) in [6.07, 6.45) is 0. The number of esters is 1. The van der Waals surface area contributed by atoms with E-state index < -0.39 is 5.97 Å². The predicted octanol–water partition coefficient (Wildman–Crippen LogP) is 4.31. The van der Waals surface area contributed by atoms with Crippen molar-refractivity contribution < 1.29 is 19.1 Å². The molecule has 0 saturated carbocycles. The first-order chi connectivity index (χ1) is 11.4. The molecule has 0 heterocycles. The molecule has 0 aliphatic rings. The van der Waals surface area contributed by atoms with Crippen LogP contribution in [0, 0.1) is 6.92 Å². The quantitative estimate of drug-likeness (QED) is 0.451. The second-order valence-corrected chi connectivity index (χ2v) is 6.02. The number of ketones is 1. The highest BCUT2D eigenvalue weighted by atomic mass is 16.6. The SMILES string of the molecule is CC(=O)c1ccc(OC(=O)COc2ccc(C(C)C)c(C)c2)cc1. The van der Waals surface area contributed by atoms with E-state index in [1.54, 1.807) is 24.3 Å². The normalized spacial score (nSPS) is 10.5. The Balaban J connectivity index is 1.91. The van der Waals surface area contributed by atoms with Gasteiger partial charge in [-0.2, -0.15) is 0 Å². The summed E-state index contributed by atoms with van der Waals surface area (Å²) in [5.74, 6) is 0.954. The first-order valence-electron chi connectivity index (χ1n) is 7.92. The van der Waals surface area contributed by atoms with E-state index >= 15 is 0 Å². The Morgan fingerprint density at radius 3 is 2.17 bits per heavy atom. The van der Waals surface area contributed by atoms with E-state index in [0.717, 1.165) is 5.56 Å². The van der Waals surface area contributed by atoms with Crippen LogP contribution in [0.3, 0.4) is 0 Å². The maximum absolute atomic E-state index is 11.9. The lowest BCUT2D eigenvalue weighted by molar-refractivity contribution is -0.136. The Morgan fingerprint density at radius 2 is 1.62 bits per heavy atom. The van der Waals surface area contributed by atoms with Crippen LogP contribution in [-0.2, 0) is 4.79 Å². The minimum absolute atomic E-state index is 0.0311. The molecule has 4 nitrogen and oxygen atoms in total. The Labute approximate surface area is 142 Å². The fraction of sp³-hybridized carbons (Fsp3) is 0.300. The average molecular weight is 326 g/mol. The zero-order chi connectivity index (χ0) is 17.7. The molecule has 2 rings (SSSR count). The van der Waals surface area contributed by atoms with Gasteiger partial charge >= 0.3 is 5.97 Å². The van der Waals surface area contributed by atoms with Gasteiger partial charge in [-0.3, -0.25) is 4.79 Å². The lowest BCUT2D eigenvalue weighted by atomic mass is 9.98. The molecule has 0 aliphatic heterocycles. The molecule has 0 saturated heterocycles. The van der Waals surface area contributed by atoms with Gasteiger partial charge < -0.3 is 9.47 Å². The third kappa shape index (κ3) is 4.69. The molecular formula is C20H22O4. The summed E-state index contributed by atoms with van der Waals surface area (Å²) in [6.45, 7) is 7.61. The maximum atomic E-state index is 11.9. The van der Waals surface area contributed by atoms with Crippen LogP contribution in [0.5, 0.6) is 11.5 Å². The molecule has 126 valence electrons. The molecule has 0 N–H and O–H groups in total. The van der Waals surface area contributed by atoms with Crippen molar-refractivity contribution in [3.05, 3.63) is 59.2 Å². The van der Waals surface area contributed by atoms with Gasteiger partial charge in [0.25, 0.3) is 0 Å². The number of ether oxygens (including phenoxy) is 2. The number of hydrogen-bond donors (Lipinski definition) is 0. The number of hydrogen-bond acceptors (Lipinski definition) is 4. The molecule has 4 heteroatoms. The van der Waals surface area contributed by atoms with Crippen molar-refractivity contribution in [1.82, 2.24) is 0 Å². The highest BCUT2D eigenvalue weighted by molar-refractivity contribution is 5.94. The minimum Gasteiger partial charge on any atom is -0.482 e. The molecule has 2 aromatic rings. The topological polar surface area (TPSA) is 52.6 Å². The van der Waals surface area contributed by atoms with E-state index in [1.165, 1.54) is 12.5 Å². The Hall–Kier alpha value is -2.62. The number of carbonyl (C=O) groups excluding carboxylic acids is 2. The molecule has 2 aromatic carbocycles. The van der Waals surface area contributed by atoms with Crippen LogP contribution in [0.2, 0.25) is 0 Å². The van der Waals surface area contributed by atoms with Gasteiger partial charge in [0.1, 0.15) is 11.5 Å². The summed E-state index contributed by atoms with van der Waals surface area (Å²) in [5.41, 5.74) is 2.97. The van der Waals surface area contributed by atoms with Gasteiger partial charge in [0, 0.05) is 5.56 Å². The molecule has 0 aliphatic carbocycles. The van der Waals surface area contributed by atoms with Crippen LogP contribution in [-0.4, -0.2) is 18.4 Å². The molecule has 0 unspecified atom stereocenters. The molecule has 0 atom stereocenters.